The normalized spacial score (nSPS) is 17.5. The molecule has 2 saturated heterocycles. The van der Waals surface area contributed by atoms with Crippen LogP contribution in [0.5, 0.6) is 0 Å². The lowest BCUT2D eigenvalue weighted by Crippen LogP contribution is -2.48. The summed E-state index contributed by atoms with van der Waals surface area (Å²) in [4.78, 5) is 62.8. The third kappa shape index (κ3) is 9.80. The van der Waals surface area contributed by atoms with Gasteiger partial charge in [0.05, 0.1) is 17.8 Å². The molecule has 1 aromatic heterocycles. The molecule has 0 unspecified atom stereocenters. The molecule has 11 nitrogen and oxygen atoms in total. The Kier molecular flexibility index (Phi) is 14.5. The second-order valence-corrected chi connectivity index (χ2v) is 16.2. The first kappa shape index (κ1) is 43.5. The molecule has 3 amide bonds. The largest absolute Gasteiger partial charge is 0.456 e. The lowest BCUT2D eigenvalue weighted by molar-refractivity contribution is -0.141. The number of carbonyl (C=O) groups is 4. The Hall–Kier alpha value is -5.62. The van der Waals surface area contributed by atoms with Gasteiger partial charge in [0.15, 0.2) is 5.78 Å². The van der Waals surface area contributed by atoms with E-state index in [2.05, 4.69) is 53.4 Å². The van der Waals surface area contributed by atoms with Crippen molar-refractivity contribution < 1.29 is 23.6 Å². The van der Waals surface area contributed by atoms with E-state index in [-0.39, 0.29) is 29.5 Å². The summed E-state index contributed by atoms with van der Waals surface area (Å²) < 4.78 is 6.38. The number of fused-ring (bicyclic) bond motifs is 1. The Morgan fingerprint density at radius 3 is 2.05 bits per heavy atom. The zero-order chi connectivity index (χ0) is 42.9. The van der Waals surface area contributed by atoms with Crippen LogP contribution in [0.4, 0.5) is 11.4 Å². The molecule has 2 aliphatic heterocycles. The molecule has 7 rings (SSSR count). The number of nitrogens with one attached hydrogen (secondary N) is 3. The molecule has 320 valence electrons. The van der Waals surface area contributed by atoms with E-state index in [1.807, 2.05) is 97.1 Å². The van der Waals surface area contributed by atoms with E-state index in [1.54, 1.807) is 11.0 Å². The number of hydrogen-bond donors (Lipinski definition) is 3. The van der Waals surface area contributed by atoms with Crippen molar-refractivity contribution in [2.24, 2.45) is 0 Å². The zero-order valence-corrected chi connectivity index (χ0v) is 36.0. The van der Waals surface area contributed by atoms with Crippen molar-refractivity contribution in [2.45, 2.75) is 90.4 Å². The predicted molar refractivity (Wildman–Crippen MR) is 242 cm³/mol. The van der Waals surface area contributed by atoms with Gasteiger partial charge in [-0.05, 0) is 125 Å². The van der Waals surface area contributed by atoms with Gasteiger partial charge in [-0.3, -0.25) is 29.0 Å². The number of furan rings is 1. The number of nitrogens with zero attached hydrogens (tertiary/aromatic N) is 3. The molecule has 4 atom stereocenters. The summed E-state index contributed by atoms with van der Waals surface area (Å²) in [6.07, 6.45) is 4.80. The average Bonchev–Trinajstić information content (AvgIpc) is 4.09. The number of benzene rings is 4. The molecule has 11 heteroatoms. The maximum atomic E-state index is 14.9. The molecule has 0 saturated carbocycles. The maximum absolute atomic E-state index is 14.9. The van der Waals surface area contributed by atoms with Gasteiger partial charge in [0, 0.05) is 28.7 Å². The maximum Gasteiger partial charge on any atom is 0.247 e. The Labute approximate surface area is 359 Å². The summed E-state index contributed by atoms with van der Waals surface area (Å²) >= 11 is 0. The van der Waals surface area contributed by atoms with Gasteiger partial charge in [0.1, 0.15) is 23.4 Å². The first-order valence-corrected chi connectivity index (χ1v) is 22.2. The summed E-state index contributed by atoms with van der Waals surface area (Å²) in [6.45, 7) is 12.6. The molecule has 0 spiro atoms. The van der Waals surface area contributed by atoms with E-state index >= 15 is 0 Å². The van der Waals surface area contributed by atoms with Crippen molar-refractivity contribution in [3.05, 3.63) is 120 Å². The Bertz CT molecular complexity index is 2290. The Morgan fingerprint density at radius 2 is 1.41 bits per heavy atom. The average molecular weight is 825 g/mol. The van der Waals surface area contributed by atoms with Crippen LogP contribution in [0.15, 0.2) is 108 Å². The van der Waals surface area contributed by atoms with Crippen LogP contribution in [0.2, 0.25) is 0 Å². The highest BCUT2D eigenvalue weighted by molar-refractivity contribution is 6.09. The highest BCUT2D eigenvalue weighted by Gasteiger charge is 2.39. The summed E-state index contributed by atoms with van der Waals surface area (Å²) in [5, 5.41) is 10.2. The van der Waals surface area contributed by atoms with E-state index in [4.69, 9.17) is 4.42 Å². The highest BCUT2D eigenvalue weighted by atomic mass is 16.3. The van der Waals surface area contributed by atoms with E-state index in [0.717, 1.165) is 74.8 Å². The predicted octanol–water partition coefficient (Wildman–Crippen LogP) is 8.85. The molecule has 0 radical (unpaired) electrons. The summed E-state index contributed by atoms with van der Waals surface area (Å²) in [5.74, 6) is 0.0180. The van der Waals surface area contributed by atoms with Crippen LogP contribution in [0, 0.1) is 0 Å². The number of rotatable bonds is 18. The zero-order valence-electron chi connectivity index (χ0n) is 36.0. The first-order valence-electron chi connectivity index (χ1n) is 22.2. The lowest BCUT2D eigenvalue weighted by Gasteiger charge is -2.34. The minimum atomic E-state index is -0.588. The number of hydrogen-bond acceptors (Lipinski definition) is 8. The summed E-state index contributed by atoms with van der Waals surface area (Å²) in [6, 6.07) is 30.7. The second-order valence-electron chi connectivity index (χ2n) is 16.2. The molecule has 61 heavy (non-hydrogen) atoms. The molecule has 4 aromatic carbocycles. The molecule has 2 fully saturated rings. The van der Waals surface area contributed by atoms with Gasteiger partial charge in [-0.25, -0.2) is 0 Å². The van der Waals surface area contributed by atoms with Crippen LogP contribution in [-0.4, -0.2) is 89.6 Å². The minimum Gasteiger partial charge on any atom is -0.456 e. The fourth-order valence-electron chi connectivity index (χ4n) is 9.06. The molecular weight excluding hydrogens is 765 g/mol. The monoisotopic (exact) mass is 824 g/mol. The van der Waals surface area contributed by atoms with Gasteiger partial charge in [-0.1, -0.05) is 88.4 Å². The van der Waals surface area contributed by atoms with Crippen LogP contribution < -0.4 is 16.0 Å². The van der Waals surface area contributed by atoms with Crippen LogP contribution in [0.3, 0.4) is 0 Å². The standard InChI is InChI=1S/C50H60N6O5/c1-5-28-54(7-3)45(34-17-11-9-12-18-34)47(57)39-32-36(23-25-40(39)53-48(58)41-21-15-27-51-41)44-33-37-31-38(24-26-43(37)61-44)52-49(59)42-22-16-30-56(42)50(60)46(55(8-4)29-6-2)35-19-13-10-14-20-35/h9-14,17-20,23-26,31-33,41-42,45-46,51H,5-8,15-16,21-22,27-30H2,1-4H3,(H,52,59)(H,53,58)/t41-,42-,45+,46+/m0/s1. The quantitative estimate of drug-likeness (QED) is 0.0749. The molecule has 0 bridgehead atoms. The van der Waals surface area contributed by atoms with Crippen molar-refractivity contribution >= 4 is 45.8 Å². The van der Waals surface area contributed by atoms with Crippen LogP contribution in [0.1, 0.15) is 99.8 Å². The van der Waals surface area contributed by atoms with Gasteiger partial charge in [-0.2, -0.15) is 0 Å². The van der Waals surface area contributed by atoms with Crippen LogP contribution in [-0.2, 0) is 14.4 Å². The van der Waals surface area contributed by atoms with Crippen molar-refractivity contribution in [2.75, 3.05) is 49.9 Å². The molecule has 5 aromatic rings. The Morgan fingerprint density at radius 1 is 0.738 bits per heavy atom. The third-order valence-electron chi connectivity index (χ3n) is 12.1. The van der Waals surface area contributed by atoms with Crippen LogP contribution >= 0.6 is 0 Å². The molecule has 3 heterocycles. The number of ketones is 1. The molecule has 2 aliphatic rings. The summed E-state index contributed by atoms with van der Waals surface area (Å²) in [5.41, 5.74) is 4.59. The minimum absolute atomic E-state index is 0.0458. The lowest BCUT2D eigenvalue weighted by atomic mass is 9.93. The summed E-state index contributed by atoms with van der Waals surface area (Å²) in [7, 11) is 0. The number of carbonyl (C=O) groups excluding carboxylic acids is 4. The number of amides is 3. The van der Waals surface area contributed by atoms with E-state index in [1.165, 1.54) is 0 Å². The van der Waals surface area contributed by atoms with Gasteiger partial charge >= 0.3 is 0 Å². The SMILES string of the molecule is CCCN(CC)[C@@H](C(=O)c1cc(-c2cc3cc(NC(=O)[C@@H]4CCCN4C(=O)[C@@H](c4ccccc4)N(CC)CCC)ccc3o2)ccc1NC(=O)[C@@H]1CCCN1)c1ccccc1. The Balaban J connectivity index is 1.16. The van der Waals surface area contributed by atoms with Crippen molar-refractivity contribution in [3.8, 4) is 11.3 Å². The number of likely N-dealkylation sites (tertiary alicyclic amines) is 1. The van der Waals surface area contributed by atoms with Gasteiger partial charge in [-0.15, -0.1) is 0 Å². The number of likely N-dealkylation sites (N-methyl/N-ethyl adjacent to an activating group) is 2. The smallest absolute Gasteiger partial charge is 0.247 e. The number of anilines is 2. The van der Waals surface area contributed by atoms with E-state index < -0.39 is 18.1 Å². The fourth-order valence-corrected chi connectivity index (χ4v) is 9.06. The van der Waals surface area contributed by atoms with Gasteiger partial charge < -0.3 is 25.3 Å². The second kappa shape index (κ2) is 20.3. The van der Waals surface area contributed by atoms with Gasteiger partial charge in [0.25, 0.3) is 0 Å². The van der Waals surface area contributed by atoms with Crippen LogP contribution in [0.25, 0.3) is 22.3 Å². The molecule has 3 N–H and O–H groups in total. The highest BCUT2D eigenvalue weighted by Crippen LogP contribution is 2.36. The fraction of sp³-hybridized carbons (Fsp3) is 0.400. The van der Waals surface area contributed by atoms with Gasteiger partial charge in [0.2, 0.25) is 17.7 Å². The van der Waals surface area contributed by atoms with E-state index in [9.17, 15) is 19.2 Å². The topological polar surface area (TPSA) is 127 Å². The number of Topliss-reactive ketones (excluding diaryl/α,β-unsaturated/α-hetero) is 1. The first-order chi connectivity index (χ1) is 29.7. The molecular formula is C50H60N6O5. The van der Waals surface area contributed by atoms with Crippen molar-refractivity contribution in [1.29, 1.82) is 0 Å². The van der Waals surface area contributed by atoms with Crippen molar-refractivity contribution in [1.82, 2.24) is 20.0 Å². The van der Waals surface area contributed by atoms with E-state index in [0.29, 0.717) is 53.4 Å². The third-order valence-corrected chi connectivity index (χ3v) is 12.1. The molecule has 0 aliphatic carbocycles. The van der Waals surface area contributed by atoms with Crippen molar-refractivity contribution in [3.63, 3.8) is 0 Å².